The minimum atomic E-state index is -0.433. The zero-order valence-corrected chi connectivity index (χ0v) is 14.6. The Morgan fingerprint density at radius 1 is 1.12 bits per heavy atom. The third-order valence-corrected chi connectivity index (χ3v) is 4.62. The highest BCUT2D eigenvalue weighted by atomic mass is 79.9. The van der Waals surface area contributed by atoms with Gasteiger partial charge in [-0.2, -0.15) is 0 Å². The van der Waals surface area contributed by atoms with Crippen LogP contribution in [0, 0.1) is 0 Å². The van der Waals surface area contributed by atoms with Crippen molar-refractivity contribution < 1.29 is 19.1 Å². The lowest BCUT2D eigenvalue weighted by molar-refractivity contribution is -0.123. The van der Waals surface area contributed by atoms with E-state index in [0.29, 0.717) is 11.5 Å². The fourth-order valence-corrected chi connectivity index (χ4v) is 3.12. The van der Waals surface area contributed by atoms with Crippen molar-refractivity contribution in [2.75, 3.05) is 6.79 Å². The summed E-state index contributed by atoms with van der Waals surface area (Å²) in [4.78, 5) is 25.9. The highest BCUT2D eigenvalue weighted by Gasteiger charge is 2.33. The van der Waals surface area contributed by atoms with E-state index in [9.17, 15) is 9.59 Å². The van der Waals surface area contributed by atoms with Crippen molar-refractivity contribution in [2.24, 2.45) is 0 Å². The average molecular weight is 401 g/mol. The Balaban J connectivity index is 1.60. The summed E-state index contributed by atoms with van der Waals surface area (Å²) in [7, 11) is 0. The quantitative estimate of drug-likeness (QED) is 0.633. The molecule has 1 N–H and O–H groups in total. The van der Waals surface area contributed by atoms with Crippen molar-refractivity contribution in [1.29, 1.82) is 0 Å². The van der Waals surface area contributed by atoms with Crippen LogP contribution >= 0.6 is 15.9 Å². The van der Waals surface area contributed by atoms with Gasteiger partial charge >= 0.3 is 6.03 Å². The van der Waals surface area contributed by atoms with Crippen LogP contribution in [-0.2, 0) is 11.3 Å². The van der Waals surface area contributed by atoms with Gasteiger partial charge in [0.2, 0.25) is 6.79 Å². The third-order valence-electron chi connectivity index (χ3n) is 3.94. The van der Waals surface area contributed by atoms with Crippen LogP contribution < -0.4 is 14.8 Å². The number of halogens is 1. The first-order valence-electron chi connectivity index (χ1n) is 7.59. The number of benzene rings is 2. The summed E-state index contributed by atoms with van der Waals surface area (Å²) >= 11 is 3.44. The van der Waals surface area contributed by atoms with Crippen molar-refractivity contribution >= 4 is 33.9 Å². The van der Waals surface area contributed by atoms with E-state index in [-0.39, 0.29) is 24.9 Å². The second-order valence-corrected chi connectivity index (χ2v) is 6.45. The monoisotopic (exact) mass is 400 g/mol. The predicted molar refractivity (Wildman–Crippen MR) is 93.8 cm³/mol. The SMILES string of the molecule is O=C1N/C(=C\c2cc3c(cc2Br)OCO3)C(=O)N1Cc1ccccc1. The molecule has 0 aliphatic carbocycles. The van der Waals surface area contributed by atoms with Gasteiger partial charge in [0.25, 0.3) is 5.91 Å². The molecule has 2 aliphatic heterocycles. The predicted octanol–water partition coefficient (Wildman–Crippen LogP) is 3.27. The van der Waals surface area contributed by atoms with Crippen LogP contribution in [0.25, 0.3) is 6.08 Å². The van der Waals surface area contributed by atoms with E-state index >= 15 is 0 Å². The molecule has 3 amide bonds. The molecule has 2 aromatic rings. The van der Waals surface area contributed by atoms with Crippen molar-refractivity contribution in [3.8, 4) is 11.5 Å². The first-order chi connectivity index (χ1) is 12.1. The summed E-state index contributed by atoms with van der Waals surface area (Å²) in [5.74, 6) is 0.882. The molecule has 1 saturated heterocycles. The van der Waals surface area contributed by atoms with Crippen LogP contribution in [0.4, 0.5) is 4.79 Å². The number of rotatable bonds is 3. The molecule has 1 fully saturated rings. The van der Waals surface area contributed by atoms with Gasteiger partial charge in [-0.3, -0.25) is 9.69 Å². The fraction of sp³-hybridized carbons (Fsp3) is 0.111. The lowest BCUT2D eigenvalue weighted by atomic mass is 10.1. The molecule has 2 aromatic carbocycles. The molecule has 0 aromatic heterocycles. The topological polar surface area (TPSA) is 67.9 Å². The molecule has 2 heterocycles. The van der Waals surface area contributed by atoms with Gasteiger partial charge in [0, 0.05) is 4.47 Å². The third kappa shape index (κ3) is 2.98. The maximum atomic E-state index is 12.6. The summed E-state index contributed by atoms with van der Waals surface area (Å²) < 4.78 is 11.4. The molecule has 2 aliphatic rings. The van der Waals surface area contributed by atoms with Crippen molar-refractivity contribution in [3.63, 3.8) is 0 Å². The number of urea groups is 1. The van der Waals surface area contributed by atoms with Crippen LogP contribution in [0.1, 0.15) is 11.1 Å². The van der Waals surface area contributed by atoms with Gasteiger partial charge in [0.1, 0.15) is 5.70 Å². The summed E-state index contributed by atoms with van der Waals surface area (Å²) in [6, 6.07) is 12.5. The van der Waals surface area contributed by atoms with Crippen molar-refractivity contribution in [3.05, 3.63) is 63.8 Å². The minimum Gasteiger partial charge on any atom is -0.454 e. The Kier molecular flexibility index (Phi) is 3.93. The lowest BCUT2D eigenvalue weighted by Gasteiger charge is -2.11. The second-order valence-electron chi connectivity index (χ2n) is 5.59. The van der Waals surface area contributed by atoms with Crippen LogP contribution in [0.5, 0.6) is 11.5 Å². The number of carbonyl (C=O) groups is 2. The van der Waals surface area contributed by atoms with E-state index < -0.39 is 6.03 Å². The number of fused-ring (bicyclic) bond motifs is 1. The number of nitrogens with zero attached hydrogens (tertiary/aromatic N) is 1. The Morgan fingerprint density at radius 3 is 2.60 bits per heavy atom. The molecule has 126 valence electrons. The van der Waals surface area contributed by atoms with Gasteiger partial charge in [-0.15, -0.1) is 0 Å². The Labute approximate surface area is 152 Å². The number of carbonyl (C=O) groups excluding carboxylic acids is 2. The van der Waals surface area contributed by atoms with E-state index in [1.165, 1.54) is 4.90 Å². The van der Waals surface area contributed by atoms with Gasteiger partial charge < -0.3 is 14.8 Å². The van der Waals surface area contributed by atoms with Crippen molar-refractivity contribution in [2.45, 2.75) is 6.54 Å². The van der Waals surface area contributed by atoms with Gasteiger partial charge in [-0.05, 0) is 29.3 Å². The van der Waals surface area contributed by atoms with Crippen LogP contribution in [0.2, 0.25) is 0 Å². The molecule has 6 nitrogen and oxygen atoms in total. The molecule has 0 bridgehead atoms. The van der Waals surface area contributed by atoms with E-state index in [0.717, 1.165) is 15.6 Å². The lowest BCUT2D eigenvalue weighted by Crippen LogP contribution is -2.30. The zero-order chi connectivity index (χ0) is 17.4. The van der Waals surface area contributed by atoms with Gasteiger partial charge in [-0.25, -0.2) is 4.79 Å². The van der Waals surface area contributed by atoms with E-state index in [1.54, 1.807) is 18.2 Å². The average Bonchev–Trinajstić information content (AvgIpc) is 3.16. The molecule has 25 heavy (non-hydrogen) atoms. The summed E-state index contributed by atoms with van der Waals surface area (Å²) in [5, 5.41) is 2.62. The molecule has 7 heteroatoms. The normalized spacial score (nSPS) is 17.3. The molecule has 0 radical (unpaired) electrons. The highest BCUT2D eigenvalue weighted by Crippen LogP contribution is 2.37. The number of nitrogens with one attached hydrogen (secondary N) is 1. The Morgan fingerprint density at radius 2 is 1.84 bits per heavy atom. The van der Waals surface area contributed by atoms with Gasteiger partial charge in [0.15, 0.2) is 11.5 Å². The number of hydrogen-bond donors (Lipinski definition) is 1. The van der Waals surface area contributed by atoms with Gasteiger partial charge in [-0.1, -0.05) is 46.3 Å². The molecular weight excluding hydrogens is 388 g/mol. The van der Waals surface area contributed by atoms with E-state index in [1.807, 2.05) is 30.3 Å². The number of imide groups is 1. The van der Waals surface area contributed by atoms with E-state index in [4.69, 9.17) is 9.47 Å². The number of amides is 3. The number of ether oxygens (including phenoxy) is 2. The zero-order valence-electron chi connectivity index (χ0n) is 13.0. The molecule has 0 spiro atoms. The van der Waals surface area contributed by atoms with E-state index in [2.05, 4.69) is 21.2 Å². The Hall–Kier alpha value is -2.80. The minimum absolute atomic E-state index is 0.169. The Bertz CT molecular complexity index is 895. The second kappa shape index (κ2) is 6.25. The molecule has 4 rings (SSSR count). The molecule has 0 atom stereocenters. The molecular formula is C18H13BrN2O4. The summed E-state index contributed by atoms with van der Waals surface area (Å²) in [5.41, 5.74) is 1.83. The number of hydrogen-bond acceptors (Lipinski definition) is 4. The van der Waals surface area contributed by atoms with Crippen molar-refractivity contribution in [1.82, 2.24) is 10.2 Å². The maximum absolute atomic E-state index is 12.6. The standard InChI is InChI=1S/C18H13BrN2O4/c19-13-8-16-15(24-10-25-16)7-12(13)6-14-17(22)21(18(23)20-14)9-11-4-2-1-3-5-11/h1-8H,9-10H2,(H,20,23)/b14-6-. The molecule has 0 saturated carbocycles. The van der Waals surface area contributed by atoms with Crippen LogP contribution in [-0.4, -0.2) is 23.6 Å². The summed E-state index contributed by atoms with van der Waals surface area (Å²) in [6.45, 7) is 0.396. The van der Waals surface area contributed by atoms with Crippen LogP contribution in [0.3, 0.4) is 0 Å². The summed E-state index contributed by atoms with van der Waals surface area (Å²) in [6.07, 6.45) is 1.62. The first kappa shape index (κ1) is 15.7. The van der Waals surface area contributed by atoms with Crippen LogP contribution in [0.15, 0.2) is 52.6 Å². The first-order valence-corrected chi connectivity index (χ1v) is 8.39. The smallest absolute Gasteiger partial charge is 0.329 e. The maximum Gasteiger partial charge on any atom is 0.329 e. The molecule has 0 unspecified atom stereocenters. The van der Waals surface area contributed by atoms with Gasteiger partial charge in [0.05, 0.1) is 6.54 Å². The highest BCUT2D eigenvalue weighted by molar-refractivity contribution is 9.10. The fourth-order valence-electron chi connectivity index (χ4n) is 2.68. The largest absolute Gasteiger partial charge is 0.454 e.